The van der Waals surface area contributed by atoms with Crippen LogP contribution in [0, 0.1) is 0 Å². The Morgan fingerprint density at radius 3 is 2.55 bits per heavy atom. The van der Waals surface area contributed by atoms with E-state index in [1.54, 1.807) is 24.3 Å². The van der Waals surface area contributed by atoms with E-state index < -0.39 is 20.9 Å². The first-order valence-electron chi connectivity index (χ1n) is 6.16. The van der Waals surface area contributed by atoms with E-state index in [9.17, 15) is 13.2 Å². The van der Waals surface area contributed by atoms with Crippen molar-refractivity contribution in [3.05, 3.63) is 46.2 Å². The molecule has 1 aromatic heterocycles. The van der Waals surface area contributed by atoms with Gasteiger partial charge in [0.05, 0.1) is 27.7 Å². The van der Waals surface area contributed by atoms with E-state index in [4.69, 9.17) is 23.2 Å². The average Bonchev–Trinajstić information content (AvgIpc) is 2.49. The van der Waals surface area contributed by atoms with Crippen LogP contribution in [0.5, 0.6) is 0 Å². The lowest BCUT2D eigenvalue weighted by Crippen LogP contribution is -2.18. The van der Waals surface area contributed by atoms with Crippen LogP contribution in [-0.2, 0) is 9.84 Å². The number of hydrogen-bond donors (Lipinski definition) is 1. The van der Waals surface area contributed by atoms with Gasteiger partial charge in [-0.2, -0.15) is 0 Å². The summed E-state index contributed by atoms with van der Waals surface area (Å²) in [5.74, 6) is -0.853. The number of carbonyl (C=O) groups excluding carboxylic acids is 1. The highest BCUT2D eigenvalue weighted by molar-refractivity contribution is 7.91. The van der Waals surface area contributed by atoms with Gasteiger partial charge in [0.2, 0.25) is 15.0 Å². The summed E-state index contributed by atoms with van der Waals surface area (Å²) < 4.78 is 23.6. The van der Waals surface area contributed by atoms with Crippen molar-refractivity contribution in [2.24, 2.45) is 0 Å². The Morgan fingerprint density at radius 1 is 1.23 bits per heavy atom. The van der Waals surface area contributed by atoms with Gasteiger partial charge in [0.15, 0.2) is 5.69 Å². The smallest absolute Gasteiger partial charge is 0.276 e. The minimum atomic E-state index is -3.64. The first-order valence-corrected chi connectivity index (χ1v) is 8.57. The highest BCUT2D eigenvalue weighted by Crippen LogP contribution is 2.22. The van der Waals surface area contributed by atoms with E-state index in [0.29, 0.717) is 10.7 Å². The molecule has 0 saturated heterocycles. The molecule has 1 amide bonds. The van der Waals surface area contributed by atoms with Gasteiger partial charge in [-0.05, 0) is 12.1 Å². The maximum absolute atomic E-state index is 12.2. The van der Waals surface area contributed by atoms with Crippen LogP contribution in [0.25, 0.3) is 0 Å². The summed E-state index contributed by atoms with van der Waals surface area (Å²) >= 11 is 11.8. The molecule has 0 fully saturated rings. The van der Waals surface area contributed by atoms with Crippen molar-refractivity contribution in [2.45, 2.75) is 12.1 Å². The van der Waals surface area contributed by atoms with E-state index >= 15 is 0 Å². The summed E-state index contributed by atoms with van der Waals surface area (Å²) in [4.78, 5) is 19.6. The number of amides is 1. The molecule has 0 unspecified atom stereocenters. The maximum Gasteiger partial charge on any atom is 0.276 e. The van der Waals surface area contributed by atoms with Crippen LogP contribution in [0.4, 0.5) is 5.69 Å². The number of nitrogens with zero attached hydrogens (tertiary/aromatic N) is 2. The number of aromatic nitrogens is 2. The Balaban J connectivity index is 2.38. The van der Waals surface area contributed by atoms with Gasteiger partial charge in [-0.25, -0.2) is 18.4 Å². The number of carbonyl (C=O) groups is 1. The number of halogens is 2. The predicted molar refractivity (Wildman–Crippen MR) is 84.2 cm³/mol. The van der Waals surface area contributed by atoms with Crippen molar-refractivity contribution in [1.29, 1.82) is 0 Å². The van der Waals surface area contributed by atoms with Crippen molar-refractivity contribution in [1.82, 2.24) is 9.97 Å². The summed E-state index contributed by atoms with van der Waals surface area (Å²) in [5, 5.41) is 2.36. The van der Waals surface area contributed by atoms with Gasteiger partial charge in [-0.3, -0.25) is 4.79 Å². The van der Waals surface area contributed by atoms with Gasteiger partial charge in [0.25, 0.3) is 5.91 Å². The summed E-state index contributed by atoms with van der Waals surface area (Å²) in [7, 11) is -3.64. The number of rotatable bonds is 4. The van der Waals surface area contributed by atoms with Crippen molar-refractivity contribution < 1.29 is 13.2 Å². The zero-order valence-electron chi connectivity index (χ0n) is 11.4. The molecule has 0 bridgehead atoms. The second-order valence-electron chi connectivity index (χ2n) is 4.19. The van der Waals surface area contributed by atoms with Crippen LogP contribution >= 0.6 is 23.2 Å². The normalized spacial score (nSPS) is 11.2. The largest absolute Gasteiger partial charge is 0.319 e. The molecule has 22 heavy (non-hydrogen) atoms. The summed E-state index contributed by atoms with van der Waals surface area (Å²) in [6.07, 6.45) is 1.08. The summed E-state index contributed by atoms with van der Waals surface area (Å²) in [6, 6.07) is 6.60. The maximum atomic E-state index is 12.2. The van der Waals surface area contributed by atoms with E-state index in [-0.39, 0.29) is 16.5 Å². The molecule has 116 valence electrons. The highest BCUT2D eigenvalue weighted by Gasteiger charge is 2.21. The van der Waals surface area contributed by atoms with E-state index in [1.165, 1.54) is 6.92 Å². The van der Waals surface area contributed by atoms with Crippen molar-refractivity contribution in [2.75, 3.05) is 11.1 Å². The lowest BCUT2D eigenvalue weighted by molar-refractivity contribution is 0.102. The number of nitrogens with one attached hydrogen (secondary N) is 1. The second-order valence-corrected chi connectivity index (χ2v) is 7.17. The van der Waals surface area contributed by atoms with Crippen molar-refractivity contribution in [3.8, 4) is 0 Å². The molecule has 2 rings (SSSR count). The highest BCUT2D eigenvalue weighted by atomic mass is 35.5. The van der Waals surface area contributed by atoms with Crippen LogP contribution in [0.3, 0.4) is 0 Å². The van der Waals surface area contributed by atoms with Crippen molar-refractivity contribution in [3.63, 3.8) is 0 Å². The van der Waals surface area contributed by atoms with Gasteiger partial charge in [-0.15, -0.1) is 0 Å². The van der Waals surface area contributed by atoms with Crippen molar-refractivity contribution >= 4 is 44.6 Å². The SMILES string of the molecule is CCS(=O)(=O)c1ncc(Cl)c(C(=O)Nc2ccccc2Cl)n1. The lowest BCUT2D eigenvalue weighted by atomic mass is 10.3. The molecule has 0 aliphatic rings. The lowest BCUT2D eigenvalue weighted by Gasteiger charge is -2.08. The summed E-state index contributed by atoms with van der Waals surface area (Å²) in [6.45, 7) is 1.46. The molecule has 0 atom stereocenters. The van der Waals surface area contributed by atoms with Crippen LogP contribution in [0.2, 0.25) is 10.0 Å². The molecule has 1 heterocycles. The first-order chi connectivity index (χ1) is 10.3. The van der Waals surface area contributed by atoms with Gasteiger partial charge in [0.1, 0.15) is 0 Å². The molecule has 6 nitrogen and oxygen atoms in total. The number of benzene rings is 1. The monoisotopic (exact) mass is 359 g/mol. The van der Waals surface area contributed by atoms with E-state index in [1.807, 2.05) is 0 Å². The topological polar surface area (TPSA) is 89.0 Å². The Labute approximate surface area is 137 Å². The Bertz CT molecular complexity index is 825. The molecular weight excluding hydrogens is 349 g/mol. The average molecular weight is 360 g/mol. The third-order valence-electron chi connectivity index (χ3n) is 2.72. The summed E-state index contributed by atoms with van der Waals surface area (Å²) in [5.41, 5.74) is 0.132. The van der Waals surface area contributed by atoms with Gasteiger partial charge in [0, 0.05) is 0 Å². The standard InChI is InChI=1S/C13H11Cl2N3O3S/c1-2-22(20,21)13-16-7-9(15)11(18-13)12(19)17-10-6-4-3-5-8(10)14/h3-7H,2H2,1H3,(H,17,19). The van der Waals surface area contributed by atoms with E-state index in [0.717, 1.165) is 6.20 Å². The zero-order valence-corrected chi connectivity index (χ0v) is 13.7. The minimum Gasteiger partial charge on any atom is -0.319 e. The Morgan fingerprint density at radius 2 is 1.91 bits per heavy atom. The molecular formula is C13H11Cl2N3O3S. The molecule has 2 aromatic rings. The van der Waals surface area contributed by atoms with Crippen LogP contribution in [0.15, 0.2) is 35.6 Å². The number of hydrogen-bond acceptors (Lipinski definition) is 5. The number of para-hydroxylation sites is 1. The Hall–Kier alpha value is -1.70. The molecule has 9 heteroatoms. The van der Waals surface area contributed by atoms with Gasteiger partial charge in [-0.1, -0.05) is 42.3 Å². The third-order valence-corrected chi connectivity index (χ3v) is 4.84. The number of anilines is 1. The van der Waals surface area contributed by atoms with Crippen LogP contribution in [-0.4, -0.2) is 30.0 Å². The molecule has 1 N–H and O–H groups in total. The predicted octanol–water partition coefficient (Wildman–Crippen LogP) is 2.83. The zero-order chi connectivity index (χ0) is 16.3. The fourth-order valence-corrected chi connectivity index (χ4v) is 2.59. The molecule has 0 radical (unpaired) electrons. The second kappa shape index (κ2) is 6.60. The first kappa shape index (κ1) is 16.7. The van der Waals surface area contributed by atoms with Gasteiger partial charge < -0.3 is 5.32 Å². The minimum absolute atomic E-state index is 0.0559. The van der Waals surface area contributed by atoms with Crippen LogP contribution in [0.1, 0.15) is 17.4 Å². The molecule has 0 aliphatic carbocycles. The molecule has 0 spiro atoms. The number of sulfone groups is 1. The fourth-order valence-electron chi connectivity index (χ4n) is 1.53. The fraction of sp³-hybridized carbons (Fsp3) is 0.154. The van der Waals surface area contributed by atoms with E-state index in [2.05, 4.69) is 15.3 Å². The third kappa shape index (κ3) is 3.55. The molecule has 0 saturated carbocycles. The molecule has 0 aliphatic heterocycles. The van der Waals surface area contributed by atoms with Gasteiger partial charge >= 0.3 is 0 Å². The Kier molecular flexibility index (Phi) is 5.00. The van der Waals surface area contributed by atoms with Crippen LogP contribution < -0.4 is 5.32 Å². The molecule has 1 aromatic carbocycles. The quantitative estimate of drug-likeness (QED) is 0.847.